The predicted molar refractivity (Wildman–Crippen MR) is 167 cm³/mol. The molecule has 0 spiro atoms. The van der Waals surface area contributed by atoms with E-state index in [9.17, 15) is 24.5 Å². The van der Waals surface area contributed by atoms with Crippen LogP contribution in [0.3, 0.4) is 0 Å². The van der Waals surface area contributed by atoms with E-state index in [-0.39, 0.29) is 30.7 Å². The van der Waals surface area contributed by atoms with Crippen molar-refractivity contribution >= 4 is 51.6 Å². The van der Waals surface area contributed by atoms with Crippen LogP contribution in [0.4, 0.5) is 10.7 Å². The number of thioether (sulfide) groups is 1. The SMILES string of the molecule is CCOC(=O)c1c(NC(=O)C(C)Sc2nnc(CNC(=O)c3cccc(C)c3)n2-c2ccc([N+](=O)[O-])cc2)sc2c1CCC2. The molecule has 4 aromatic rings. The first kappa shape index (κ1) is 30.9. The van der Waals surface area contributed by atoms with Gasteiger partial charge in [-0.25, -0.2) is 4.79 Å². The van der Waals surface area contributed by atoms with Crippen molar-refractivity contribution in [3.8, 4) is 5.69 Å². The van der Waals surface area contributed by atoms with E-state index in [2.05, 4.69) is 20.8 Å². The van der Waals surface area contributed by atoms with Crippen LogP contribution in [0, 0.1) is 17.0 Å². The first-order chi connectivity index (χ1) is 21.2. The maximum absolute atomic E-state index is 13.4. The number of esters is 1. The fourth-order valence-corrected chi connectivity index (χ4v) is 7.02. The standard InChI is InChI=1S/C30H30N6O6S2/c1-4-42-29(39)25-22-9-6-10-23(22)44-28(25)32-26(37)18(3)43-30-34-33-24(16-31-27(38)19-8-5-7-17(2)15-19)35(30)20-11-13-21(14-12-20)36(40)41/h5,7-8,11-15,18H,4,6,9-10,16H2,1-3H3,(H,31,38)(H,32,37). The molecular weight excluding hydrogens is 605 g/mol. The molecule has 5 rings (SSSR count). The molecule has 0 bridgehead atoms. The van der Waals surface area contributed by atoms with E-state index >= 15 is 0 Å². The summed E-state index contributed by atoms with van der Waals surface area (Å²) in [4.78, 5) is 50.8. The van der Waals surface area contributed by atoms with Crippen LogP contribution in [0.25, 0.3) is 5.69 Å². The maximum atomic E-state index is 13.4. The highest BCUT2D eigenvalue weighted by atomic mass is 32.2. The summed E-state index contributed by atoms with van der Waals surface area (Å²) in [6.07, 6.45) is 2.58. The van der Waals surface area contributed by atoms with Crippen molar-refractivity contribution in [3.05, 3.63) is 91.6 Å². The molecule has 1 atom stereocenters. The van der Waals surface area contributed by atoms with E-state index in [1.807, 2.05) is 13.0 Å². The van der Waals surface area contributed by atoms with Crippen molar-refractivity contribution in [1.29, 1.82) is 0 Å². The Kier molecular flexibility index (Phi) is 9.40. The number of nitrogens with one attached hydrogen (secondary N) is 2. The number of carbonyl (C=O) groups excluding carboxylic acids is 3. The minimum absolute atomic E-state index is 0.0154. The molecule has 1 aliphatic rings. The smallest absolute Gasteiger partial charge is 0.341 e. The Bertz CT molecular complexity index is 1730. The highest BCUT2D eigenvalue weighted by Crippen LogP contribution is 2.40. The molecular formula is C30H30N6O6S2. The zero-order valence-corrected chi connectivity index (χ0v) is 25.9. The second-order valence-corrected chi connectivity index (χ2v) is 12.5. The summed E-state index contributed by atoms with van der Waals surface area (Å²) in [5.74, 6) is -0.714. The van der Waals surface area contributed by atoms with Gasteiger partial charge >= 0.3 is 5.97 Å². The Morgan fingerprint density at radius 3 is 2.64 bits per heavy atom. The summed E-state index contributed by atoms with van der Waals surface area (Å²) < 4.78 is 6.92. The number of nitrogens with zero attached hydrogens (tertiary/aromatic N) is 4. The van der Waals surface area contributed by atoms with Gasteiger partial charge in [0.15, 0.2) is 11.0 Å². The third kappa shape index (κ3) is 6.65. The fourth-order valence-electron chi connectivity index (χ4n) is 4.86. The molecule has 0 radical (unpaired) electrons. The molecule has 0 saturated heterocycles. The van der Waals surface area contributed by atoms with Crippen LogP contribution in [-0.2, 0) is 28.9 Å². The normalized spacial score (nSPS) is 12.8. The number of rotatable bonds is 11. The van der Waals surface area contributed by atoms with Crippen LogP contribution in [0.15, 0.2) is 53.7 Å². The number of anilines is 1. The van der Waals surface area contributed by atoms with E-state index in [4.69, 9.17) is 4.74 Å². The van der Waals surface area contributed by atoms with Gasteiger partial charge in [0.2, 0.25) is 5.91 Å². The van der Waals surface area contributed by atoms with Gasteiger partial charge in [-0.2, -0.15) is 0 Å². The van der Waals surface area contributed by atoms with Gasteiger partial charge in [0, 0.05) is 28.3 Å². The van der Waals surface area contributed by atoms with E-state index in [1.54, 1.807) is 48.7 Å². The number of hydrogen-bond acceptors (Lipinski definition) is 10. The molecule has 2 aromatic carbocycles. The van der Waals surface area contributed by atoms with Crippen molar-refractivity contribution < 1.29 is 24.0 Å². The average Bonchev–Trinajstić information content (AvgIpc) is 3.70. The van der Waals surface area contributed by atoms with Gasteiger partial charge in [0.1, 0.15) is 5.00 Å². The zero-order chi connectivity index (χ0) is 31.4. The zero-order valence-electron chi connectivity index (χ0n) is 24.3. The predicted octanol–water partition coefficient (Wildman–Crippen LogP) is 5.26. The van der Waals surface area contributed by atoms with Crippen molar-refractivity contribution in [2.75, 3.05) is 11.9 Å². The van der Waals surface area contributed by atoms with E-state index in [1.165, 1.54) is 23.5 Å². The molecule has 1 unspecified atom stereocenters. The maximum Gasteiger partial charge on any atom is 0.341 e. The number of hydrogen-bond donors (Lipinski definition) is 2. The monoisotopic (exact) mass is 634 g/mol. The average molecular weight is 635 g/mol. The van der Waals surface area contributed by atoms with Gasteiger partial charge in [-0.1, -0.05) is 29.5 Å². The molecule has 44 heavy (non-hydrogen) atoms. The van der Waals surface area contributed by atoms with Gasteiger partial charge in [-0.05, 0) is 69.9 Å². The van der Waals surface area contributed by atoms with Crippen LogP contribution in [0.5, 0.6) is 0 Å². The topological polar surface area (TPSA) is 158 Å². The number of carbonyl (C=O) groups is 3. The number of nitro groups is 1. The molecule has 1 aliphatic carbocycles. The summed E-state index contributed by atoms with van der Waals surface area (Å²) in [5.41, 5.74) is 3.25. The number of aryl methyl sites for hydroxylation is 2. The number of non-ortho nitro benzene ring substituents is 1. The summed E-state index contributed by atoms with van der Waals surface area (Å²) in [6.45, 7) is 5.59. The first-order valence-corrected chi connectivity index (χ1v) is 15.7. The molecule has 12 nitrogen and oxygen atoms in total. The number of nitro benzene ring substituents is 1. The quantitative estimate of drug-likeness (QED) is 0.0971. The largest absolute Gasteiger partial charge is 0.462 e. The lowest BCUT2D eigenvalue weighted by atomic mass is 10.1. The Morgan fingerprint density at radius 2 is 1.93 bits per heavy atom. The number of aromatic nitrogens is 3. The Hall–Kier alpha value is -4.56. The summed E-state index contributed by atoms with van der Waals surface area (Å²) in [6, 6.07) is 13.0. The number of thiophene rings is 1. The van der Waals surface area contributed by atoms with Gasteiger partial charge < -0.3 is 15.4 Å². The third-order valence-corrected chi connectivity index (χ3v) is 9.25. The van der Waals surface area contributed by atoms with Crippen molar-refractivity contribution in [3.63, 3.8) is 0 Å². The fraction of sp³-hybridized carbons (Fsp3) is 0.300. The Morgan fingerprint density at radius 1 is 1.16 bits per heavy atom. The highest BCUT2D eigenvalue weighted by molar-refractivity contribution is 8.00. The van der Waals surface area contributed by atoms with Gasteiger partial charge in [0.05, 0.1) is 28.9 Å². The molecule has 2 aromatic heterocycles. The van der Waals surface area contributed by atoms with Crippen LogP contribution in [-0.4, -0.2) is 49.3 Å². The van der Waals surface area contributed by atoms with Crippen LogP contribution in [0.2, 0.25) is 0 Å². The lowest BCUT2D eigenvalue weighted by molar-refractivity contribution is -0.384. The lowest BCUT2D eigenvalue weighted by Gasteiger charge is -2.14. The molecule has 14 heteroatoms. The molecule has 2 amide bonds. The molecule has 228 valence electrons. The van der Waals surface area contributed by atoms with Crippen molar-refractivity contribution in [2.45, 2.75) is 57.0 Å². The molecule has 0 saturated carbocycles. The molecule has 2 N–H and O–H groups in total. The van der Waals surface area contributed by atoms with Crippen LogP contribution >= 0.6 is 23.1 Å². The number of benzene rings is 2. The second kappa shape index (κ2) is 13.4. The van der Waals surface area contributed by atoms with Crippen LogP contribution < -0.4 is 10.6 Å². The minimum atomic E-state index is -0.669. The third-order valence-electron chi connectivity index (χ3n) is 7.00. The first-order valence-electron chi connectivity index (χ1n) is 14.0. The van der Waals surface area contributed by atoms with Crippen molar-refractivity contribution in [1.82, 2.24) is 20.1 Å². The molecule has 0 fully saturated rings. The molecule has 0 aliphatic heterocycles. The molecule has 2 heterocycles. The lowest BCUT2D eigenvalue weighted by Crippen LogP contribution is -2.25. The van der Waals surface area contributed by atoms with Gasteiger partial charge in [-0.3, -0.25) is 24.3 Å². The number of amides is 2. The van der Waals surface area contributed by atoms with E-state index < -0.39 is 16.1 Å². The second-order valence-electron chi connectivity index (χ2n) is 10.1. The highest BCUT2D eigenvalue weighted by Gasteiger charge is 2.30. The number of ether oxygens (including phenoxy) is 1. The van der Waals surface area contributed by atoms with Gasteiger partial charge in [-0.15, -0.1) is 21.5 Å². The summed E-state index contributed by atoms with van der Waals surface area (Å²) >= 11 is 2.53. The summed E-state index contributed by atoms with van der Waals surface area (Å²) in [7, 11) is 0. The Balaban J connectivity index is 1.38. The van der Waals surface area contributed by atoms with E-state index in [0.717, 1.165) is 47.0 Å². The van der Waals surface area contributed by atoms with Crippen LogP contribution in [0.1, 0.15) is 62.8 Å². The minimum Gasteiger partial charge on any atom is -0.462 e. The van der Waals surface area contributed by atoms with Crippen molar-refractivity contribution in [2.24, 2.45) is 0 Å². The Labute approximate surface area is 261 Å². The van der Waals surface area contributed by atoms with Gasteiger partial charge in [0.25, 0.3) is 11.6 Å². The number of fused-ring (bicyclic) bond motifs is 1. The van der Waals surface area contributed by atoms with E-state index in [0.29, 0.717) is 32.8 Å². The summed E-state index contributed by atoms with van der Waals surface area (Å²) in [5, 5.41) is 25.7.